The lowest BCUT2D eigenvalue weighted by atomic mass is 10.0. The van der Waals surface area contributed by atoms with Crippen molar-refractivity contribution in [2.75, 3.05) is 0 Å². The van der Waals surface area contributed by atoms with E-state index in [1.807, 2.05) is 13.0 Å². The number of thiophene rings is 1. The smallest absolute Gasteiger partial charge is 0.128 e. The number of aryl methyl sites for hydroxylation is 2. The van der Waals surface area contributed by atoms with Crippen LogP contribution in [-0.4, -0.2) is 0 Å². The summed E-state index contributed by atoms with van der Waals surface area (Å²) in [5.41, 5.74) is 4.40. The van der Waals surface area contributed by atoms with Gasteiger partial charge in [0.05, 0.1) is 6.04 Å². The van der Waals surface area contributed by atoms with Gasteiger partial charge in [0.25, 0.3) is 0 Å². The van der Waals surface area contributed by atoms with Crippen molar-refractivity contribution in [2.24, 2.45) is 5.84 Å². The van der Waals surface area contributed by atoms with Crippen LogP contribution in [0.15, 0.2) is 30.3 Å². The Kier molecular flexibility index (Phi) is 4.69. The van der Waals surface area contributed by atoms with Gasteiger partial charge in [-0.3, -0.25) is 11.3 Å². The first-order valence-electron chi connectivity index (χ1n) is 6.43. The van der Waals surface area contributed by atoms with Crippen molar-refractivity contribution >= 4 is 11.3 Å². The molecule has 0 aliphatic rings. The van der Waals surface area contributed by atoms with Gasteiger partial charge in [0.1, 0.15) is 5.82 Å². The summed E-state index contributed by atoms with van der Waals surface area (Å²) in [7, 11) is 0. The zero-order valence-corrected chi connectivity index (χ0v) is 12.1. The van der Waals surface area contributed by atoms with Gasteiger partial charge in [-0.2, -0.15) is 0 Å². The summed E-state index contributed by atoms with van der Waals surface area (Å²) in [6.07, 6.45) is 1.74. The van der Waals surface area contributed by atoms with Crippen molar-refractivity contribution in [1.29, 1.82) is 0 Å². The van der Waals surface area contributed by atoms with Crippen molar-refractivity contribution in [3.05, 3.63) is 57.0 Å². The highest BCUT2D eigenvalue weighted by molar-refractivity contribution is 7.11. The highest BCUT2D eigenvalue weighted by Gasteiger charge is 2.16. The molecule has 0 aliphatic heterocycles. The molecule has 1 unspecified atom stereocenters. The summed E-state index contributed by atoms with van der Waals surface area (Å²) in [5.74, 6) is 5.39. The normalized spacial score (nSPS) is 12.6. The van der Waals surface area contributed by atoms with E-state index in [0.29, 0.717) is 12.0 Å². The van der Waals surface area contributed by atoms with Crippen LogP contribution in [0, 0.1) is 12.7 Å². The predicted molar refractivity (Wildman–Crippen MR) is 78.6 cm³/mol. The molecular formula is C15H19FN2S. The average molecular weight is 278 g/mol. The van der Waals surface area contributed by atoms with E-state index >= 15 is 0 Å². The largest absolute Gasteiger partial charge is 0.271 e. The minimum atomic E-state index is -0.208. The van der Waals surface area contributed by atoms with Crippen LogP contribution < -0.4 is 11.3 Å². The van der Waals surface area contributed by atoms with E-state index < -0.39 is 0 Å². The Hall–Kier alpha value is -1.23. The van der Waals surface area contributed by atoms with Gasteiger partial charge in [-0.1, -0.05) is 24.6 Å². The van der Waals surface area contributed by atoms with E-state index in [-0.39, 0.29) is 11.9 Å². The first-order valence-corrected chi connectivity index (χ1v) is 7.25. The standard InChI is InChI=1S/C15H19FN2S/c1-3-11-5-6-12(19-11)9-15(18-17)13-8-10(2)4-7-14(13)16/h4-8,15,18H,3,9,17H2,1-2H3. The average Bonchev–Trinajstić information content (AvgIpc) is 2.87. The monoisotopic (exact) mass is 278 g/mol. The summed E-state index contributed by atoms with van der Waals surface area (Å²) in [6, 6.07) is 9.16. The molecule has 2 aromatic rings. The number of benzene rings is 1. The maximum Gasteiger partial charge on any atom is 0.128 e. The summed E-state index contributed by atoms with van der Waals surface area (Å²) in [4.78, 5) is 2.57. The zero-order chi connectivity index (χ0) is 13.8. The van der Waals surface area contributed by atoms with Gasteiger partial charge in [-0.25, -0.2) is 4.39 Å². The topological polar surface area (TPSA) is 38.0 Å². The summed E-state index contributed by atoms with van der Waals surface area (Å²) < 4.78 is 13.9. The number of hydrogen-bond donors (Lipinski definition) is 2. The maximum absolute atomic E-state index is 13.9. The van der Waals surface area contributed by atoms with Crippen molar-refractivity contribution < 1.29 is 4.39 Å². The van der Waals surface area contributed by atoms with E-state index in [9.17, 15) is 4.39 Å². The van der Waals surface area contributed by atoms with Gasteiger partial charge < -0.3 is 0 Å². The fourth-order valence-electron chi connectivity index (χ4n) is 2.11. The number of nitrogens with one attached hydrogen (secondary N) is 1. The summed E-state index contributed by atoms with van der Waals surface area (Å²) in [5, 5.41) is 0. The van der Waals surface area contributed by atoms with Gasteiger partial charge in [-0.15, -0.1) is 11.3 Å². The second-order valence-corrected chi connectivity index (χ2v) is 5.92. The molecule has 0 bridgehead atoms. The van der Waals surface area contributed by atoms with Crippen LogP contribution in [0.3, 0.4) is 0 Å². The minimum Gasteiger partial charge on any atom is -0.271 e. The molecule has 1 aromatic heterocycles. The summed E-state index contributed by atoms with van der Waals surface area (Å²) in [6.45, 7) is 4.09. The van der Waals surface area contributed by atoms with Crippen molar-refractivity contribution in [3.63, 3.8) is 0 Å². The number of hydrogen-bond acceptors (Lipinski definition) is 3. The number of rotatable bonds is 5. The van der Waals surface area contributed by atoms with Crippen LogP contribution in [0.1, 0.15) is 33.8 Å². The molecule has 1 atom stereocenters. The molecule has 19 heavy (non-hydrogen) atoms. The van der Waals surface area contributed by atoms with E-state index in [0.717, 1.165) is 12.0 Å². The van der Waals surface area contributed by atoms with E-state index in [1.54, 1.807) is 17.4 Å². The van der Waals surface area contributed by atoms with Crippen LogP contribution in [0.2, 0.25) is 0 Å². The fraction of sp³-hybridized carbons (Fsp3) is 0.333. The second kappa shape index (κ2) is 6.28. The molecule has 1 heterocycles. The van der Waals surface area contributed by atoms with Crippen molar-refractivity contribution in [3.8, 4) is 0 Å². The zero-order valence-electron chi connectivity index (χ0n) is 11.2. The van der Waals surface area contributed by atoms with Crippen LogP contribution in [0.4, 0.5) is 4.39 Å². The molecule has 3 N–H and O–H groups in total. The van der Waals surface area contributed by atoms with Crippen LogP contribution in [-0.2, 0) is 12.8 Å². The quantitative estimate of drug-likeness (QED) is 0.649. The van der Waals surface area contributed by atoms with Crippen LogP contribution in [0.25, 0.3) is 0 Å². The molecule has 4 heteroatoms. The SMILES string of the molecule is CCc1ccc(CC(NN)c2cc(C)ccc2F)s1. The Bertz CT molecular complexity index is 551. The molecule has 0 saturated carbocycles. The molecule has 0 fully saturated rings. The number of halogens is 1. The minimum absolute atomic E-state index is 0.191. The van der Waals surface area contributed by atoms with Gasteiger partial charge in [0, 0.05) is 21.7 Å². The lowest BCUT2D eigenvalue weighted by Gasteiger charge is -2.16. The third kappa shape index (κ3) is 3.41. The molecule has 2 nitrogen and oxygen atoms in total. The second-order valence-electron chi connectivity index (χ2n) is 4.67. The lowest BCUT2D eigenvalue weighted by Crippen LogP contribution is -2.30. The molecule has 0 amide bonds. The number of nitrogens with two attached hydrogens (primary N) is 1. The Morgan fingerprint density at radius 3 is 2.63 bits per heavy atom. The van der Waals surface area contributed by atoms with E-state index in [4.69, 9.17) is 5.84 Å². The Morgan fingerprint density at radius 2 is 2.00 bits per heavy atom. The molecule has 102 valence electrons. The molecule has 0 spiro atoms. The number of hydrazine groups is 1. The molecule has 0 aliphatic carbocycles. The Labute approximate surface area is 117 Å². The fourth-order valence-corrected chi connectivity index (χ4v) is 3.12. The molecule has 0 radical (unpaired) electrons. The van der Waals surface area contributed by atoms with Crippen LogP contribution >= 0.6 is 11.3 Å². The predicted octanol–water partition coefficient (Wildman–Crippen LogP) is 3.51. The van der Waals surface area contributed by atoms with Gasteiger partial charge in [0.2, 0.25) is 0 Å². The third-order valence-electron chi connectivity index (χ3n) is 3.20. The molecular weight excluding hydrogens is 259 g/mol. The Morgan fingerprint density at radius 1 is 1.26 bits per heavy atom. The lowest BCUT2D eigenvalue weighted by molar-refractivity contribution is 0.512. The van der Waals surface area contributed by atoms with Crippen molar-refractivity contribution in [2.45, 2.75) is 32.7 Å². The highest BCUT2D eigenvalue weighted by atomic mass is 32.1. The van der Waals surface area contributed by atoms with Gasteiger partial charge in [-0.05, 0) is 31.5 Å². The highest BCUT2D eigenvalue weighted by Crippen LogP contribution is 2.26. The first kappa shape index (κ1) is 14.2. The molecule has 2 rings (SSSR count). The van der Waals surface area contributed by atoms with Crippen molar-refractivity contribution in [1.82, 2.24) is 5.43 Å². The van der Waals surface area contributed by atoms with Gasteiger partial charge >= 0.3 is 0 Å². The maximum atomic E-state index is 13.9. The van der Waals surface area contributed by atoms with Crippen LogP contribution in [0.5, 0.6) is 0 Å². The third-order valence-corrected chi connectivity index (χ3v) is 4.45. The van der Waals surface area contributed by atoms with E-state index in [2.05, 4.69) is 24.5 Å². The van der Waals surface area contributed by atoms with E-state index in [1.165, 1.54) is 15.8 Å². The molecule has 0 saturated heterocycles. The Balaban J connectivity index is 2.22. The summed E-state index contributed by atoms with van der Waals surface area (Å²) >= 11 is 1.76. The molecule has 1 aromatic carbocycles. The van der Waals surface area contributed by atoms with Gasteiger partial charge in [0.15, 0.2) is 0 Å². The first-order chi connectivity index (χ1) is 9.13.